The number of hydrogen-bond acceptors (Lipinski definition) is 3. The Morgan fingerprint density at radius 3 is 2.39 bits per heavy atom. The zero-order valence-corrected chi connectivity index (χ0v) is 13.5. The maximum atomic E-state index is 12.9. The maximum Gasteiger partial charge on any atom is 0.123 e. The van der Waals surface area contributed by atoms with Gasteiger partial charge in [-0.15, -0.1) is 0 Å². The molecule has 1 heterocycles. The number of nitrogens with zero attached hydrogens (tertiary/aromatic N) is 2. The first kappa shape index (κ1) is 16.0. The highest BCUT2D eigenvalue weighted by Gasteiger charge is 2.20. The van der Waals surface area contributed by atoms with Gasteiger partial charge in [0, 0.05) is 38.4 Å². The lowest BCUT2D eigenvalue weighted by Crippen LogP contribution is -2.47. The van der Waals surface area contributed by atoms with E-state index in [1.54, 1.807) is 12.1 Å². The van der Waals surface area contributed by atoms with Crippen molar-refractivity contribution in [1.82, 2.24) is 4.90 Å². The monoisotopic (exact) mass is 314 g/mol. The highest BCUT2D eigenvalue weighted by molar-refractivity contribution is 5.48. The minimum atomic E-state index is -0.568. The summed E-state index contributed by atoms with van der Waals surface area (Å²) >= 11 is 0. The molecule has 2 aromatic carbocycles. The van der Waals surface area contributed by atoms with Gasteiger partial charge in [-0.2, -0.15) is 0 Å². The zero-order chi connectivity index (χ0) is 16.2. The number of halogens is 1. The van der Waals surface area contributed by atoms with Crippen molar-refractivity contribution in [3.63, 3.8) is 0 Å². The number of anilines is 1. The lowest BCUT2D eigenvalue weighted by Gasteiger charge is -2.37. The van der Waals surface area contributed by atoms with Gasteiger partial charge in [-0.3, -0.25) is 4.90 Å². The number of aryl methyl sites for hydroxylation is 1. The van der Waals surface area contributed by atoms with Crippen molar-refractivity contribution in [2.45, 2.75) is 13.0 Å². The summed E-state index contributed by atoms with van der Waals surface area (Å²) in [6.07, 6.45) is -0.568. The fourth-order valence-electron chi connectivity index (χ4n) is 3.05. The smallest absolute Gasteiger partial charge is 0.123 e. The van der Waals surface area contributed by atoms with Crippen LogP contribution in [0, 0.1) is 12.7 Å². The number of piperazine rings is 1. The Labute approximate surface area is 137 Å². The van der Waals surface area contributed by atoms with E-state index < -0.39 is 6.10 Å². The standard InChI is InChI=1S/C19H23FN2O/c1-15-3-2-4-18(13-15)22-11-9-21(10-12-22)14-19(23)16-5-7-17(20)8-6-16/h2-8,13,19,23H,9-12,14H2,1H3. The predicted molar refractivity (Wildman–Crippen MR) is 91.2 cm³/mol. The topological polar surface area (TPSA) is 26.7 Å². The first-order valence-electron chi connectivity index (χ1n) is 8.09. The molecule has 1 atom stereocenters. The van der Waals surface area contributed by atoms with E-state index >= 15 is 0 Å². The van der Waals surface area contributed by atoms with Gasteiger partial charge in [0.1, 0.15) is 5.82 Å². The van der Waals surface area contributed by atoms with E-state index in [0.717, 1.165) is 31.7 Å². The highest BCUT2D eigenvalue weighted by atomic mass is 19.1. The molecule has 122 valence electrons. The van der Waals surface area contributed by atoms with Crippen LogP contribution >= 0.6 is 0 Å². The lowest BCUT2D eigenvalue weighted by atomic mass is 10.1. The van der Waals surface area contributed by atoms with Crippen LogP contribution in [0.25, 0.3) is 0 Å². The quantitative estimate of drug-likeness (QED) is 0.940. The summed E-state index contributed by atoms with van der Waals surface area (Å²) < 4.78 is 12.9. The fourth-order valence-corrected chi connectivity index (χ4v) is 3.05. The van der Waals surface area contributed by atoms with E-state index in [4.69, 9.17) is 0 Å². The Balaban J connectivity index is 1.54. The number of rotatable bonds is 4. The third-order valence-corrected chi connectivity index (χ3v) is 4.43. The van der Waals surface area contributed by atoms with E-state index in [1.165, 1.54) is 23.4 Å². The molecule has 3 rings (SSSR count). The van der Waals surface area contributed by atoms with Crippen LogP contribution in [0.1, 0.15) is 17.2 Å². The Bertz CT molecular complexity index is 636. The Hall–Kier alpha value is -1.91. The number of β-amino-alcohol motifs (C(OH)–C–C–N with tert-alkyl or cyclic N) is 1. The Kier molecular flexibility index (Phi) is 4.94. The van der Waals surface area contributed by atoms with Gasteiger partial charge in [-0.05, 0) is 42.3 Å². The Morgan fingerprint density at radius 1 is 1.04 bits per heavy atom. The summed E-state index contributed by atoms with van der Waals surface area (Å²) in [5.41, 5.74) is 3.31. The van der Waals surface area contributed by atoms with Crippen molar-refractivity contribution in [2.24, 2.45) is 0 Å². The summed E-state index contributed by atoms with van der Waals surface area (Å²) in [6.45, 7) is 6.46. The average molecular weight is 314 g/mol. The Morgan fingerprint density at radius 2 is 1.74 bits per heavy atom. The van der Waals surface area contributed by atoms with Gasteiger partial charge < -0.3 is 10.0 Å². The molecule has 0 saturated carbocycles. The van der Waals surface area contributed by atoms with Crippen LogP contribution in [-0.4, -0.2) is 42.7 Å². The van der Waals surface area contributed by atoms with Crippen molar-refractivity contribution < 1.29 is 9.50 Å². The summed E-state index contributed by atoms with van der Waals surface area (Å²) in [4.78, 5) is 4.65. The zero-order valence-electron chi connectivity index (χ0n) is 13.5. The van der Waals surface area contributed by atoms with Crippen molar-refractivity contribution in [1.29, 1.82) is 0 Å². The first-order chi connectivity index (χ1) is 11.1. The molecule has 0 aliphatic carbocycles. The molecule has 0 spiro atoms. The third kappa shape index (κ3) is 4.09. The maximum absolute atomic E-state index is 12.9. The molecule has 0 aromatic heterocycles. The molecule has 1 unspecified atom stereocenters. The van der Waals surface area contributed by atoms with Gasteiger partial charge in [-0.1, -0.05) is 24.3 Å². The SMILES string of the molecule is Cc1cccc(N2CCN(CC(O)c3ccc(F)cc3)CC2)c1. The molecule has 0 amide bonds. The molecule has 2 aromatic rings. The largest absolute Gasteiger partial charge is 0.387 e. The second kappa shape index (κ2) is 7.11. The molecule has 1 saturated heterocycles. The minimum Gasteiger partial charge on any atom is -0.387 e. The van der Waals surface area contributed by atoms with E-state index in [-0.39, 0.29) is 5.82 Å². The van der Waals surface area contributed by atoms with Gasteiger partial charge in [0.25, 0.3) is 0 Å². The fraction of sp³-hybridized carbons (Fsp3) is 0.368. The molecular formula is C19H23FN2O. The second-order valence-corrected chi connectivity index (χ2v) is 6.19. The molecule has 1 fully saturated rings. The van der Waals surface area contributed by atoms with Crippen LogP contribution in [0.4, 0.5) is 10.1 Å². The van der Waals surface area contributed by atoms with Gasteiger partial charge in [0.15, 0.2) is 0 Å². The molecule has 0 radical (unpaired) electrons. The van der Waals surface area contributed by atoms with E-state index in [1.807, 2.05) is 0 Å². The summed E-state index contributed by atoms with van der Waals surface area (Å²) in [5, 5.41) is 10.3. The summed E-state index contributed by atoms with van der Waals surface area (Å²) in [6, 6.07) is 14.7. The minimum absolute atomic E-state index is 0.271. The van der Waals surface area contributed by atoms with Gasteiger partial charge in [0.2, 0.25) is 0 Å². The molecule has 0 bridgehead atoms. The predicted octanol–water partition coefficient (Wildman–Crippen LogP) is 2.99. The number of hydrogen-bond donors (Lipinski definition) is 1. The molecule has 4 heteroatoms. The van der Waals surface area contributed by atoms with Crippen LogP contribution in [0.2, 0.25) is 0 Å². The van der Waals surface area contributed by atoms with Gasteiger partial charge in [0.05, 0.1) is 6.10 Å². The number of benzene rings is 2. The molecule has 1 aliphatic rings. The molecule has 1 N–H and O–H groups in total. The van der Waals surface area contributed by atoms with Crippen LogP contribution in [0.5, 0.6) is 0 Å². The van der Waals surface area contributed by atoms with Crippen LogP contribution in [0.3, 0.4) is 0 Å². The van der Waals surface area contributed by atoms with Crippen LogP contribution < -0.4 is 4.90 Å². The molecule has 3 nitrogen and oxygen atoms in total. The average Bonchev–Trinajstić information content (AvgIpc) is 2.56. The summed E-state index contributed by atoms with van der Waals surface area (Å²) in [5.74, 6) is -0.271. The van der Waals surface area contributed by atoms with Crippen LogP contribution in [-0.2, 0) is 0 Å². The van der Waals surface area contributed by atoms with Gasteiger partial charge >= 0.3 is 0 Å². The second-order valence-electron chi connectivity index (χ2n) is 6.19. The van der Waals surface area contributed by atoms with Crippen molar-refractivity contribution in [2.75, 3.05) is 37.6 Å². The summed E-state index contributed by atoms with van der Waals surface area (Å²) in [7, 11) is 0. The van der Waals surface area contributed by atoms with Crippen molar-refractivity contribution in [3.8, 4) is 0 Å². The van der Waals surface area contributed by atoms with Crippen LogP contribution in [0.15, 0.2) is 48.5 Å². The highest BCUT2D eigenvalue weighted by Crippen LogP contribution is 2.20. The van der Waals surface area contributed by atoms with Gasteiger partial charge in [-0.25, -0.2) is 4.39 Å². The first-order valence-corrected chi connectivity index (χ1v) is 8.09. The lowest BCUT2D eigenvalue weighted by molar-refractivity contribution is 0.109. The van der Waals surface area contributed by atoms with Crippen molar-refractivity contribution >= 4 is 5.69 Å². The van der Waals surface area contributed by atoms with Crippen molar-refractivity contribution in [3.05, 3.63) is 65.5 Å². The van der Waals surface area contributed by atoms with E-state index in [2.05, 4.69) is 41.0 Å². The third-order valence-electron chi connectivity index (χ3n) is 4.43. The molecular weight excluding hydrogens is 291 g/mol. The van der Waals surface area contributed by atoms with E-state index in [0.29, 0.717) is 6.54 Å². The van der Waals surface area contributed by atoms with E-state index in [9.17, 15) is 9.50 Å². The number of aliphatic hydroxyl groups is 1. The normalized spacial score (nSPS) is 17.3. The number of aliphatic hydroxyl groups excluding tert-OH is 1. The molecule has 1 aliphatic heterocycles. The molecule has 23 heavy (non-hydrogen) atoms.